The number of benzene rings is 1. The molecule has 0 aliphatic carbocycles. The van der Waals surface area contributed by atoms with E-state index in [4.69, 9.17) is 0 Å². The Balaban J connectivity index is 2.17. The molecule has 2 N–H and O–H groups in total. The number of rotatable bonds is 5. The number of phenolic OH excluding ortho intramolecular Hbond substituents is 1. The zero-order chi connectivity index (χ0) is 13.0. The topological polar surface area (TPSA) is 50.1 Å². The van der Waals surface area contributed by atoms with E-state index in [2.05, 4.69) is 21.8 Å². The number of nitrogens with zero attached hydrogens (tertiary/aromatic N) is 2. The monoisotopic (exact) mass is 245 g/mol. The first-order valence-electron chi connectivity index (χ1n) is 6.20. The van der Waals surface area contributed by atoms with Gasteiger partial charge in [0.05, 0.1) is 5.69 Å². The van der Waals surface area contributed by atoms with Crippen molar-refractivity contribution >= 4 is 0 Å². The van der Waals surface area contributed by atoms with Crippen LogP contribution in [0.2, 0.25) is 0 Å². The number of aromatic nitrogens is 2. The largest absolute Gasteiger partial charge is 0.508 e. The smallest absolute Gasteiger partial charge is 0.115 e. The fraction of sp³-hybridized carbons (Fsp3) is 0.357. The van der Waals surface area contributed by atoms with Gasteiger partial charge >= 0.3 is 0 Å². The van der Waals surface area contributed by atoms with Crippen LogP contribution in [-0.2, 0) is 13.1 Å². The molecule has 4 heteroatoms. The van der Waals surface area contributed by atoms with Crippen molar-refractivity contribution in [2.75, 3.05) is 6.54 Å². The van der Waals surface area contributed by atoms with Gasteiger partial charge in [0.2, 0.25) is 0 Å². The SMILES string of the molecule is CCNCc1cnc(C)n1Cc1ccc(O)cc1. The predicted molar refractivity (Wildman–Crippen MR) is 71.6 cm³/mol. The van der Waals surface area contributed by atoms with Gasteiger partial charge in [-0.15, -0.1) is 0 Å². The molecule has 0 aliphatic rings. The minimum Gasteiger partial charge on any atom is -0.508 e. The van der Waals surface area contributed by atoms with Crippen LogP contribution in [0.5, 0.6) is 5.75 Å². The molecule has 0 bridgehead atoms. The summed E-state index contributed by atoms with van der Waals surface area (Å²) in [6.07, 6.45) is 1.92. The van der Waals surface area contributed by atoms with Gasteiger partial charge in [0.15, 0.2) is 0 Å². The molecule has 1 heterocycles. The second-order valence-corrected chi connectivity index (χ2v) is 4.33. The van der Waals surface area contributed by atoms with Gasteiger partial charge in [0.25, 0.3) is 0 Å². The van der Waals surface area contributed by atoms with Crippen LogP contribution in [0.15, 0.2) is 30.5 Å². The molecule has 0 spiro atoms. The fourth-order valence-electron chi connectivity index (χ4n) is 1.91. The van der Waals surface area contributed by atoms with Gasteiger partial charge in [-0.2, -0.15) is 0 Å². The molecular weight excluding hydrogens is 226 g/mol. The van der Waals surface area contributed by atoms with Crippen LogP contribution >= 0.6 is 0 Å². The summed E-state index contributed by atoms with van der Waals surface area (Å²) in [7, 11) is 0. The molecule has 0 radical (unpaired) electrons. The molecule has 0 fully saturated rings. The zero-order valence-electron chi connectivity index (χ0n) is 10.8. The average Bonchev–Trinajstić information content (AvgIpc) is 2.71. The maximum absolute atomic E-state index is 9.28. The Labute approximate surface area is 107 Å². The Kier molecular flexibility index (Phi) is 3.99. The first-order chi connectivity index (χ1) is 8.70. The standard InChI is InChI=1S/C14H19N3O/c1-3-15-8-13-9-16-11(2)17(13)10-12-4-6-14(18)7-5-12/h4-7,9,15,18H,3,8,10H2,1-2H3. The van der Waals surface area contributed by atoms with E-state index in [0.29, 0.717) is 5.75 Å². The molecule has 2 rings (SSSR count). The van der Waals surface area contributed by atoms with E-state index >= 15 is 0 Å². The zero-order valence-corrected chi connectivity index (χ0v) is 10.8. The van der Waals surface area contributed by atoms with Crippen molar-refractivity contribution in [1.82, 2.24) is 14.9 Å². The molecule has 0 atom stereocenters. The molecule has 2 aromatic rings. The summed E-state index contributed by atoms with van der Waals surface area (Å²) in [6, 6.07) is 7.30. The lowest BCUT2D eigenvalue weighted by molar-refractivity contribution is 0.475. The van der Waals surface area contributed by atoms with Crippen LogP contribution < -0.4 is 5.32 Å². The lowest BCUT2D eigenvalue weighted by Gasteiger charge is -2.11. The second-order valence-electron chi connectivity index (χ2n) is 4.33. The number of aromatic hydroxyl groups is 1. The number of imidazole rings is 1. The Morgan fingerprint density at radius 1 is 1.28 bits per heavy atom. The van der Waals surface area contributed by atoms with Crippen LogP contribution in [0.4, 0.5) is 0 Å². The van der Waals surface area contributed by atoms with Crippen molar-refractivity contribution in [2.45, 2.75) is 26.9 Å². The highest BCUT2D eigenvalue weighted by Crippen LogP contribution is 2.13. The molecule has 96 valence electrons. The average molecular weight is 245 g/mol. The normalized spacial score (nSPS) is 10.8. The number of hydrogen-bond donors (Lipinski definition) is 2. The Morgan fingerprint density at radius 2 is 2.00 bits per heavy atom. The van der Waals surface area contributed by atoms with Gasteiger partial charge in [-0.25, -0.2) is 4.98 Å². The molecule has 1 aromatic heterocycles. The van der Waals surface area contributed by atoms with Crippen LogP contribution in [0.1, 0.15) is 24.0 Å². The van der Waals surface area contributed by atoms with E-state index in [1.54, 1.807) is 12.1 Å². The van der Waals surface area contributed by atoms with Crippen molar-refractivity contribution < 1.29 is 5.11 Å². The summed E-state index contributed by atoms with van der Waals surface area (Å²) in [4.78, 5) is 4.36. The van der Waals surface area contributed by atoms with Gasteiger partial charge in [-0.1, -0.05) is 19.1 Å². The molecule has 0 unspecified atom stereocenters. The number of hydrogen-bond acceptors (Lipinski definition) is 3. The number of aryl methyl sites for hydroxylation is 1. The highest BCUT2D eigenvalue weighted by Gasteiger charge is 2.06. The highest BCUT2D eigenvalue weighted by molar-refractivity contribution is 5.26. The Morgan fingerprint density at radius 3 is 2.67 bits per heavy atom. The third-order valence-electron chi connectivity index (χ3n) is 2.97. The minimum atomic E-state index is 0.300. The Hall–Kier alpha value is -1.81. The van der Waals surface area contributed by atoms with Crippen LogP contribution in [0.25, 0.3) is 0 Å². The van der Waals surface area contributed by atoms with Gasteiger partial charge in [0.1, 0.15) is 11.6 Å². The van der Waals surface area contributed by atoms with Gasteiger partial charge in [0, 0.05) is 19.3 Å². The van der Waals surface area contributed by atoms with E-state index < -0.39 is 0 Å². The van der Waals surface area contributed by atoms with Crippen molar-refractivity contribution in [3.63, 3.8) is 0 Å². The third kappa shape index (κ3) is 2.90. The lowest BCUT2D eigenvalue weighted by atomic mass is 10.2. The number of nitrogens with one attached hydrogen (secondary N) is 1. The maximum Gasteiger partial charge on any atom is 0.115 e. The molecule has 0 aliphatic heterocycles. The van der Waals surface area contributed by atoms with Crippen LogP contribution in [0.3, 0.4) is 0 Å². The maximum atomic E-state index is 9.28. The van der Waals surface area contributed by atoms with Crippen molar-refractivity contribution in [2.24, 2.45) is 0 Å². The molecule has 0 saturated carbocycles. The van der Waals surface area contributed by atoms with E-state index in [9.17, 15) is 5.11 Å². The summed E-state index contributed by atoms with van der Waals surface area (Å²) in [6.45, 7) is 6.66. The summed E-state index contributed by atoms with van der Waals surface area (Å²) < 4.78 is 2.19. The molecule has 0 amide bonds. The molecule has 0 saturated heterocycles. The van der Waals surface area contributed by atoms with Crippen molar-refractivity contribution in [1.29, 1.82) is 0 Å². The quantitative estimate of drug-likeness (QED) is 0.847. The summed E-state index contributed by atoms with van der Waals surface area (Å²) in [5.41, 5.74) is 2.34. The lowest BCUT2D eigenvalue weighted by Crippen LogP contribution is -2.16. The highest BCUT2D eigenvalue weighted by atomic mass is 16.3. The van der Waals surface area contributed by atoms with Gasteiger partial charge in [-0.3, -0.25) is 0 Å². The molecule has 4 nitrogen and oxygen atoms in total. The van der Waals surface area contributed by atoms with Crippen molar-refractivity contribution in [3.05, 3.63) is 47.5 Å². The Bertz CT molecular complexity index is 502. The first-order valence-corrected chi connectivity index (χ1v) is 6.20. The van der Waals surface area contributed by atoms with E-state index in [0.717, 1.165) is 31.0 Å². The third-order valence-corrected chi connectivity index (χ3v) is 2.97. The van der Waals surface area contributed by atoms with Crippen LogP contribution in [0, 0.1) is 6.92 Å². The van der Waals surface area contributed by atoms with Gasteiger partial charge < -0.3 is 15.0 Å². The minimum absolute atomic E-state index is 0.300. The van der Waals surface area contributed by atoms with E-state index in [1.807, 2.05) is 25.3 Å². The van der Waals surface area contributed by atoms with E-state index in [1.165, 1.54) is 5.69 Å². The molecular formula is C14H19N3O. The fourth-order valence-corrected chi connectivity index (χ4v) is 1.91. The summed E-state index contributed by atoms with van der Waals surface area (Å²) in [5, 5.41) is 12.6. The molecule has 1 aromatic carbocycles. The number of phenols is 1. The van der Waals surface area contributed by atoms with Gasteiger partial charge in [-0.05, 0) is 31.2 Å². The predicted octanol–water partition coefficient (Wildman–Crippen LogP) is 2.05. The van der Waals surface area contributed by atoms with Crippen LogP contribution in [-0.4, -0.2) is 21.2 Å². The van der Waals surface area contributed by atoms with Crippen molar-refractivity contribution in [3.8, 4) is 5.75 Å². The first kappa shape index (κ1) is 12.6. The summed E-state index contributed by atoms with van der Waals surface area (Å²) >= 11 is 0. The molecule has 18 heavy (non-hydrogen) atoms. The second kappa shape index (κ2) is 5.69. The van der Waals surface area contributed by atoms with E-state index in [-0.39, 0.29) is 0 Å². The summed E-state index contributed by atoms with van der Waals surface area (Å²) in [5.74, 6) is 1.31.